The van der Waals surface area contributed by atoms with E-state index >= 15 is 0 Å². The zero-order valence-electron chi connectivity index (χ0n) is 12.7. The molecule has 0 aliphatic rings. The molecule has 3 heteroatoms. The topological polar surface area (TPSA) is 25.2 Å². The van der Waals surface area contributed by atoms with Crippen LogP contribution in [0.25, 0.3) is 11.0 Å². The Balaban J connectivity index is 1.89. The predicted octanol–water partition coefficient (Wildman–Crippen LogP) is 5.47. The van der Waals surface area contributed by atoms with Crippen LogP contribution in [0.5, 0.6) is 0 Å². The van der Waals surface area contributed by atoms with Crippen molar-refractivity contribution in [2.45, 2.75) is 39.3 Å². The van der Waals surface area contributed by atoms with Gasteiger partial charge < -0.3 is 9.73 Å². The average molecular weight is 299 g/mol. The maximum absolute atomic E-state index is 6.11. The fraction of sp³-hybridized carbons (Fsp3) is 0.333. The van der Waals surface area contributed by atoms with Crippen LogP contribution in [-0.4, -0.2) is 0 Å². The molecule has 1 N–H and O–H groups in total. The third-order valence-corrected chi connectivity index (χ3v) is 5.00. The molecule has 0 radical (unpaired) electrons. The fourth-order valence-electron chi connectivity index (χ4n) is 2.90. The van der Waals surface area contributed by atoms with E-state index in [1.54, 1.807) is 11.3 Å². The summed E-state index contributed by atoms with van der Waals surface area (Å²) in [5.74, 6) is 1.07. The lowest BCUT2D eigenvalue weighted by Gasteiger charge is -2.18. The largest absolute Gasteiger partial charge is 0.459 e. The number of benzene rings is 1. The van der Waals surface area contributed by atoms with Gasteiger partial charge in [0, 0.05) is 21.9 Å². The van der Waals surface area contributed by atoms with Gasteiger partial charge in [-0.3, -0.25) is 0 Å². The van der Waals surface area contributed by atoms with E-state index in [1.807, 2.05) is 12.1 Å². The van der Waals surface area contributed by atoms with Crippen molar-refractivity contribution in [2.24, 2.45) is 0 Å². The van der Waals surface area contributed by atoms with Crippen molar-refractivity contribution >= 4 is 22.3 Å². The van der Waals surface area contributed by atoms with Crippen LogP contribution >= 0.6 is 11.3 Å². The summed E-state index contributed by atoms with van der Waals surface area (Å²) in [5, 5.41) is 7.02. The summed E-state index contributed by atoms with van der Waals surface area (Å²) >= 11 is 1.79. The summed E-state index contributed by atoms with van der Waals surface area (Å²) in [6, 6.07) is 13.1. The number of nitrogens with one attached hydrogen (secondary N) is 1. The van der Waals surface area contributed by atoms with Crippen LogP contribution < -0.4 is 5.32 Å². The number of para-hydroxylation sites is 1. The molecule has 0 fully saturated rings. The van der Waals surface area contributed by atoms with Gasteiger partial charge >= 0.3 is 0 Å². The highest BCUT2D eigenvalue weighted by Gasteiger charge is 2.20. The second-order valence-corrected chi connectivity index (χ2v) is 6.40. The second kappa shape index (κ2) is 6.04. The zero-order valence-corrected chi connectivity index (χ0v) is 13.5. The van der Waals surface area contributed by atoms with Crippen LogP contribution in [0.1, 0.15) is 49.1 Å². The number of thiophene rings is 1. The highest BCUT2D eigenvalue weighted by Crippen LogP contribution is 2.32. The molecule has 1 aromatic carbocycles. The van der Waals surface area contributed by atoms with Gasteiger partial charge in [0.2, 0.25) is 0 Å². The molecule has 2 atom stereocenters. The zero-order chi connectivity index (χ0) is 14.8. The third kappa shape index (κ3) is 2.76. The van der Waals surface area contributed by atoms with Crippen LogP contribution in [0, 0.1) is 0 Å². The Bertz CT molecular complexity index is 714. The molecule has 1 unspecified atom stereocenters. The first-order valence-electron chi connectivity index (χ1n) is 7.50. The van der Waals surface area contributed by atoms with Crippen molar-refractivity contribution < 1.29 is 4.42 Å². The van der Waals surface area contributed by atoms with Gasteiger partial charge in [0.1, 0.15) is 11.3 Å². The highest BCUT2D eigenvalue weighted by atomic mass is 32.1. The van der Waals surface area contributed by atoms with Crippen molar-refractivity contribution in [2.75, 3.05) is 0 Å². The van der Waals surface area contributed by atoms with Gasteiger partial charge in [-0.1, -0.05) is 31.2 Å². The summed E-state index contributed by atoms with van der Waals surface area (Å²) in [4.78, 5) is 1.36. The first kappa shape index (κ1) is 14.4. The number of fused-ring (bicyclic) bond motifs is 1. The van der Waals surface area contributed by atoms with E-state index in [9.17, 15) is 0 Å². The number of hydrogen-bond acceptors (Lipinski definition) is 3. The van der Waals surface area contributed by atoms with E-state index in [4.69, 9.17) is 4.42 Å². The second-order valence-electron chi connectivity index (χ2n) is 5.42. The van der Waals surface area contributed by atoms with Crippen molar-refractivity contribution in [1.82, 2.24) is 5.32 Å². The van der Waals surface area contributed by atoms with Gasteiger partial charge in [0.15, 0.2) is 0 Å². The maximum atomic E-state index is 6.11. The van der Waals surface area contributed by atoms with Crippen molar-refractivity contribution in [3.05, 3.63) is 58.0 Å². The Morgan fingerprint density at radius 1 is 1.10 bits per heavy atom. The van der Waals surface area contributed by atoms with Gasteiger partial charge in [0.05, 0.1) is 6.04 Å². The lowest BCUT2D eigenvalue weighted by molar-refractivity contribution is 0.416. The number of furan rings is 1. The van der Waals surface area contributed by atoms with Gasteiger partial charge in [-0.15, -0.1) is 11.3 Å². The molecular formula is C18H21NOS. The van der Waals surface area contributed by atoms with Crippen LogP contribution in [0.2, 0.25) is 0 Å². The van der Waals surface area contributed by atoms with Gasteiger partial charge in [-0.2, -0.15) is 0 Å². The Labute approximate surface area is 129 Å². The Morgan fingerprint density at radius 2 is 1.90 bits per heavy atom. The van der Waals surface area contributed by atoms with E-state index < -0.39 is 0 Å². The number of hydrogen-bond donors (Lipinski definition) is 1. The van der Waals surface area contributed by atoms with Crippen LogP contribution in [0.3, 0.4) is 0 Å². The minimum absolute atomic E-state index is 0.199. The van der Waals surface area contributed by atoms with Gasteiger partial charge in [-0.25, -0.2) is 0 Å². The first-order chi connectivity index (χ1) is 10.2. The predicted molar refractivity (Wildman–Crippen MR) is 89.9 cm³/mol. The summed E-state index contributed by atoms with van der Waals surface area (Å²) in [6.07, 6.45) is 0.992. The quantitative estimate of drug-likeness (QED) is 0.676. The van der Waals surface area contributed by atoms with Crippen LogP contribution in [-0.2, 0) is 6.42 Å². The normalized spacial score (nSPS) is 14.4. The molecule has 2 heterocycles. The van der Waals surface area contributed by atoms with Gasteiger partial charge in [0.25, 0.3) is 0 Å². The van der Waals surface area contributed by atoms with Crippen molar-refractivity contribution in [1.29, 1.82) is 0 Å². The van der Waals surface area contributed by atoms with E-state index in [1.165, 1.54) is 15.8 Å². The molecule has 0 saturated heterocycles. The molecule has 2 aromatic heterocycles. The molecule has 0 amide bonds. The Hall–Kier alpha value is -1.58. The summed E-state index contributed by atoms with van der Waals surface area (Å²) in [6.45, 7) is 6.58. The molecular weight excluding hydrogens is 278 g/mol. The summed E-state index contributed by atoms with van der Waals surface area (Å²) in [5.41, 5.74) is 2.31. The molecule has 3 aromatic rings. The SMILES string of the molecule is CCc1c(C(C)N[C@@H](C)c2cccs2)oc2ccccc12. The molecule has 0 spiro atoms. The van der Waals surface area contributed by atoms with E-state index in [0.717, 1.165) is 17.8 Å². The monoisotopic (exact) mass is 299 g/mol. The van der Waals surface area contributed by atoms with E-state index in [0.29, 0.717) is 6.04 Å². The van der Waals surface area contributed by atoms with Crippen LogP contribution in [0.15, 0.2) is 46.2 Å². The molecule has 21 heavy (non-hydrogen) atoms. The lowest BCUT2D eigenvalue weighted by Crippen LogP contribution is -2.22. The molecule has 0 aliphatic heterocycles. The molecule has 0 aliphatic carbocycles. The summed E-state index contributed by atoms with van der Waals surface area (Å²) in [7, 11) is 0. The Kier molecular flexibility index (Phi) is 4.13. The Morgan fingerprint density at radius 3 is 2.62 bits per heavy atom. The van der Waals surface area contributed by atoms with Crippen molar-refractivity contribution in [3.63, 3.8) is 0 Å². The van der Waals surface area contributed by atoms with E-state index in [2.05, 4.69) is 55.7 Å². The fourth-order valence-corrected chi connectivity index (χ4v) is 3.65. The minimum Gasteiger partial charge on any atom is -0.459 e. The number of rotatable bonds is 5. The first-order valence-corrected chi connectivity index (χ1v) is 8.38. The third-order valence-electron chi connectivity index (χ3n) is 3.95. The standard InChI is InChI=1S/C18H21NOS/c1-4-14-15-8-5-6-9-16(15)20-18(14)13(3)19-12(2)17-10-7-11-21-17/h5-13,19H,4H2,1-3H3/t12-,13?/m0/s1. The summed E-state index contributed by atoms with van der Waals surface area (Å²) < 4.78 is 6.11. The minimum atomic E-state index is 0.199. The molecule has 3 rings (SSSR count). The smallest absolute Gasteiger partial charge is 0.134 e. The van der Waals surface area contributed by atoms with E-state index in [-0.39, 0.29) is 6.04 Å². The molecule has 110 valence electrons. The maximum Gasteiger partial charge on any atom is 0.134 e. The average Bonchev–Trinajstić information content (AvgIpc) is 3.14. The number of aryl methyl sites for hydroxylation is 1. The van der Waals surface area contributed by atoms with Crippen molar-refractivity contribution in [3.8, 4) is 0 Å². The molecule has 2 nitrogen and oxygen atoms in total. The van der Waals surface area contributed by atoms with Gasteiger partial charge in [-0.05, 0) is 37.8 Å². The lowest BCUT2D eigenvalue weighted by atomic mass is 10.0. The molecule has 0 saturated carbocycles. The molecule has 0 bridgehead atoms. The van der Waals surface area contributed by atoms with Crippen LogP contribution in [0.4, 0.5) is 0 Å². The highest BCUT2D eigenvalue weighted by molar-refractivity contribution is 7.10.